The molecule has 8 nitrogen and oxygen atoms in total. The molecule has 0 aliphatic carbocycles. The van der Waals surface area contributed by atoms with Crippen molar-refractivity contribution in [2.24, 2.45) is 0 Å². The first-order chi connectivity index (χ1) is 16.0. The zero-order valence-electron chi connectivity index (χ0n) is 19.3. The second-order valence-corrected chi connectivity index (χ2v) is 8.71. The monoisotopic (exact) mass is 443 g/mol. The minimum Gasteiger partial charge on any atom is -0.324 e. The van der Waals surface area contributed by atoms with E-state index in [1.54, 1.807) is 10.9 Å². The fraction of sp³-hybridized carbons (Fsp3) is 0.320. The van der Waals surface area contributed by atoms with Crippen LogP contribution in [0, 0.1) is 0 Å². The Hall–Kier alpha value is -3.49. The molecule has 0 radical (unpaired) electrons. The van der Waals surface area contributed by atoms with E-state index in [1.807, 2.05) is 37.8 Å². The Balaban J connectivity index is 1.57. The molecule has 2 aromatic heterocycles. The fourth-order valence-corrected chi connectivity index (χ4v) is 4.47. The van der Waals surface area contributed by atoms with Crippen molar-refractivity contribution in [1.82, 2.24) is 29.5 Å². The van der Waals surface area contributed by atoms with Crippen molar-refractivity contribution >= 4 is 22.7 Å². The second-order valence-electron chi connectivity index (χ2n) is 8.71. The highest BCUT2D eigenvalue weighted by Gasteiger charge is 2.17. The Kier molecular flexibility index (Phi) is 5.70. The van der Waals surface area contributed by atoms with E-state index in [-0.39, 0.29) is 5.56 Å². The Morgan fingerprint density at radius 2 is 2.03 bits per heavy atom. The molecule has 0 bridgehead atoms. The van der Waals surface area contributed by atoms with Crippen LogP contribution in [0.1, 0.15) is 23.6 Å². The smallest absolute Gasteiger partial charge is 0.278 e. The highest BCUT2D eigenvalue weighted by molar-refractivity contribution is 5.77. The summed E-state index contributed by atoms with van der Waals surface area (Å²) in [4.78, 5) is 24.4. The predicted octanol–water partition coefficient (Wildman–Crippen LogP) is 3.05. The van der Waals surface area contributed by atoms with Gasteiger partial charge in [0.15, 0.2) is 5.65 Å². The fourth-order valence-electron chi connectivity index (χ4n) is 4.47. The topological polar surface area (TPSA) is 80.0 Å². The van der Waals surface area contributed by atoms with Gasteiger partial charge >= 0.3 is 0 Å². The van der Waals surface area contributed by atoms with E-state index in [1.165, 1.54) is 16.7 Å². The summed E-state index contributed by atoms with van der Waals surface area (Å²) in [6, 6.07) is 14.6. The maximum atomic E-state index is 13.1. The molecule has 3 heterocycles. The molecule has 8 heteroatoms. The van der Waals surface area contributed by atoms with Gasteiger partial charge in [0, 0.05) is 31.5 Å². The molecular weight excluding hydrogens is 414 g/mol. The van der Waals surface area contributed by atoms with E-state index in [2.05, 4.69) is 50.8 Å². The number of aromatic nitrogens is 4. The van der Waals surface area contributed by atoms with Crippen LogP contribution < -0.4 is 16.2 Å². The molecule has 0 saturated carbocycles. The maximum absolute atomic E-state index is 13.1. The third kappa shape index (κ3) is 4.15. The van der Waals surface area contributed by atoms with E-state index < -0.39 is 0 Å². The zero-order valence-corrected chi connectivity index (χ0v) is 19.3. The van der Waals surface area contributed by atoms with E-state index in [4.69, 9.17) is 4.98 Å². The van der Waals surface area contributed by atoms with Crippen LogP contribution in [0.3, 0.4) is 0 Å². The standard InChI is InChI=1S/C25H29N7O/c1-4-31-24(33)22-15-27-25(28-20-9-8-19-14-26-11-10-18(19)13-20)29-23(22)32(31)21-7-5-6-17(12-21)16-30(2)3/h5-9,12-13,15,26H,4,10-11,14,16H2,1-3H3,(H,27,28,29). The molecule has 2 N–H and O–H groups in total. The lowest BCUT2D eigenvalue weighted by Crippen LogP contribution is -2.23. The number of benzene rings is 2. The molecule has 0 amide bonds. The summed E-state index contributed by atoms with van der Waals surface area (Å²) in [6.45, 7) is 5.22. The lowest BCUT2D eigenvalue weighted by atomic mass is 10.0. The molecular formula is C25H29N7O. The van der Waals surface area contributed by atoms with Gasteiger partial charge in [0.2, 0.25) is 5.95 Å². The number of hydrogen-bond acceptors (Lipinski definition) is 6. The molecule has 170 valence electrons. The summed E-state index contributed by atoms with van der Waals surface area (Å²) in [5, 5.41) is 7.24. The largest absolute Gasteiger partial charge is 0.324 e. The van der Waals surface area contributed by atoms with Gasteiger partial charge in [-0.3, -0.25) is 4.79 Å². The number of fused-ring (bicyclic) bond motifs is 2. The summed E-state index contributed by atoms with van der Waals surface area (Å²) < 4.78 is 3.62. The van der Waals surface area contributed by atoms with Gasteiger partial charge in [-0.05, 0) is 74.9 Å². The Morgan fingerprint density at radius 1 is 1.15 bits per heavy atom. The first-order valence-corrected chi connectivity index (χ1v) is 11.4. The van der Waals surface area contributed by atoms with Crippen LogP contribution in [0.5, 0.6) is 0 Å². The third-order valence-corrected chi connectivity index (χ3v) is 5.98. The van der Waals surface area contributed by atoms with E-state index in [9.17, 15) is 4.79 Å². The zero-order chi connectivity index (χ0) is 22.9. The Labute approximate surface area is 192 Å². The molecule has 1 aliphatic heterocycles. The Bertz CT molecular complexity index is 1370. The molecule has 1 aliphatic rings. The van der Waals surface area contributed by atoms with Crippen LogP contribution in [0.15, 0.2) is 53.5 Å². The van der Waals surface area contributed by atoms with Gasteiger partial charge in [0.1, 0.15) is 5.39 Å². The van der Waals surface area contributed by atoms with Crippen LogP contribution in [0.4, 0.5) is 11.6 Å². The second kappa shape index (κ2) is 8.80. The van der Waals surface area contributed by atoms with Crippen molar-refractivity contribution in [1.29, 1.82) is 0 Å². The molecule has 0 spiro atoms. The van der Waals surface area contributed by atoms with E-state index in [0.29, 0.717) is 23.5 Å². The van der Waals surface area contributed by atoms with Gasteiger partial charge in [0.25, 0.3) is 5.56 Å². The number of nitrogens with one attached hydrogen (secondary N) is 2. The molecule has 5 rings (SSSR count). The molecule has 2 aromatic carbocycles. The van der Waals surface area contributed by atoms with Crippen LogP contribution in [-0.4, -0.2) is 44.9 Å². The van der Waals surface area contributed by atoms with Crippen molar-refractivity contribution < 1.29 is 0 Å². The minimum absolute atomic E-state index is 0.0849. The number of rotatable bonds is 6. The van der Waals surface area contributed by atoms with Gasteiger partial charge in [-0.25, -0.2) is 14.3 Å². The summed E-state index contributed by atoms with van der Waals surface area (Å²) in [5.41, 5.74) is 6.22. The van der Waals surface area contributed by atoms with Crippen LogP contribution in [-0.2, 0) is 26.1 Å². The van der Waals surface area contributed by atoms with Gasteiger partial charge in [0.05, 0.1) is 5.69 Å². The van der Waals surface area contributed by atoms with Crippen molar-refractivity contribution in [3.8, 4) is 5.69 Å². The quantitative estimate of drug-likeness (QED) is 0.477. The maximum Gasteiger partial charge on any atom is 0.278 e. The van der Waals surface area contributed by atoms with Gasteiger partial charge in [-0.2, -0.15) is 4.98 Å². The first kappa shape index (κ1) is 21.4. The molecule has 0 saturated heterocycles. The lowest BCUT2D eigenvalue weighted by Gasteiger charge is -2.18. The molecule has 0 unspecified atom stereocenters. The number of nitrogens with zero attached hydrogens (tertiary/aromatic N) is 5. The summed E-state index contributed by atoms with van der Waals surface area (Å²) in [6.07, 6.45) is 2.63. The molecule has 33 heavy (non-hydrogen) atoms. The first-order valence-electron chi connectivity index (χ1n) is 11.4. The average molecular weight is 444 g/mol. The minimum atomic E-state index is -0.0849. The normalized spacial score (nSPS) is 13.5. The van der Waals surface area contributed by atoms with E-state index in [0.717, 1.165) is 37.4 Å². The van der Waals surface area contributed by atoms with Crippen molar-refractivity contribution in [3.63, 3.8) is 0 Å². The van der Waals surface area contributed by atoms with Crippen molar-refractivity contribution in [2.75, 3.05) is 26.0 Å². The van der Waals surface area contributed by atoms with Crippen LogP contribution >= 0.6 is 0 Å². The third-order valence-electron chi connectivity index (χ3n) is 5.98. The van der Waals surface area contributed by atoms with Crippen molar-refractivity contribution in [2.45, 2.75) is 33.0 Å². The molecule has 0 fully saturated rings. The highest BCUT2D eigenvalue weighted by atomic mass is 16.1. The Morgan fingerprint density at radius 3 is 2.85 bits per heavy atom. The average Bonchev–Trinajstić information content (AvgIpc) is 3.09. The van der Waals surface area contributed by atoms with Gasteiger partial charge < -0.3 is 15.5 Å². The van der Waals surface area contributed by atoms with Crippen LogP contribution in [0.2, 0.25) is 0 Å². The molecule has 4 aromatic rings. The SMILES string of the molecule is CCn1c(=O)c2cnc(Nc3ccc4c(c3)CCNC4)nc2n1-c1cccc(CN(C)C)c1. The summed E-state index contributed by atoms with van der Waals surface area (Å²) in [7, 11) is 4.09. The number of anilines is 2. The van der Waals surface area contributed by atoms with E-state index >= 15 is 0 Å². The number of hydrogen-bond donors (Lipinski definition) is 2. The summed E-state index contributed by atoms with van der Waals surface area (Å²) >= 11 is 0. The van der Waals surface area contributed by atoms with Crippen LogP contribution in [0.25, 0.3) is 16.7 Å². The lowest BCUT2D eigenvalue weighted by molar-refractivity contribution is 0.402. The highest BCUT2D eigenvalue weighted by Crippen LogP contribution is 2.23. The van der Waals surface area contributed by atoms with Crippen molar-refractivity contribution in [3.05, 3.63) is 75.7 Å². The predicted molar refractivity (Wildman–Crippen MR) is 131 cm³/mol. The van der Waals surface area contributed by atoms with Gasteiger partial charge in [-0.15, -0.1) is 0 Å². The summed E-state index contributed by atoms with van der Waals surface area (Å²) in [5.74, 6) is 0.475. The molecule has 0 atom stereocenters. The van der Waals surface area contributed by atoms with Gasteiger partial charge in [-0.1, -0.05) is 18.2 Å².